The third-order valence-corrected chi connectivity index (χ3v) is 0.566. The van der Waals surface area contributed by atoms with Crippen molar-refractivity contribution >= 4 is 18.4 Å². The van der Waals surface area contributed by atoms with Crippen molar-refractivity contribution in [3.8, 4) is 0 Å². The van der Waals surface area contributed by atoms with Crippen molar-refractivity contribution in [3.05, 3.63) is 30.6 Å². The van der Waals surface area contributed by atoms with Crippen molar-refractivity contribution in [2.75, 3.05) is 0 Å². The molecule has 0 aliphatic carbocycles. The second-order valence-electron chi connectivity index (χ2n) is 1.43. The smallest absolute Gasteiger partial charge is 0.309 e. The Morgan fingerprint density at radius 3 is 1.55 bits per heavy atom. The first-order chi connectivity index (χ1) is 4.73. The fourth-order valence-corrected chi connectivity index (χ4v) is 0.313. The summed E-state index contributed by atoms with van der Waals surface area (Å²) >= 11 is 0. The minimum absolute atomic E-state index is 0. The largest absolute Gasteiger partial charge is 0.352 e. The van der Waals surface area contributed by atoms with E-state index in [4.69, 9.17) is 4.79 Å². The lowest BCUT2D eigenvalue weighted by molar-refractivity contribution is 0.256. The van der Waals surface area contributed by atoms with E-state index < -0.39 is 6.03 Å². The van der Waals surface area contributed by atoms with Crippen LogP contribution in [0.15, 0.2) is 30.6 Å². The molecule has 0 saturated carbocycles. The second-order valence-corrected chi connectivity index (χ2v) is 1.43. The van der Waals surface area contributed by atoms with E-state index in [9.17, 15) is 0 Å². The maximum absolute atomic E-state index is 9.00. The van der Waals surface area contributed by atoms with Gasteiger partial charge in [-0.3, -0.25) is 4.98 Å². The molecule has 11 heavy (non-hydrogen) atoms. The van der Waals surface area contributed by atoms with Crippen LogP contribution in [0.5, 0.6) is 0 Å². The number of urea groups is 1. The number of nitrogens with two attached hydrogens (primary N) is 2. The summed E-state index contributed by atoms with van der Waals surface area (Å²) in [6.07, 6.45) is 3.50. The lowest BCUT2D eigenvalue weighted by Crippen LogP contribution is -2.18. The Bertz CT molecular complexity index is 150. The standard InChI is InChI=1S/C5H5N.CH4N2O.ClH/c1-2-4-6-5-3-1;2-1(3)4;/h1-5H;(H4,2,3,4);1H. The monoisotopic (exact) mass is 175 g/mol. The van der Waals surface area contributed by atoms with Crippen LogP contribution < -0.4 is 11.5 Å². The molecule has 0 bridgehead atoms. The van der Waals surface area contributed by atoms with Crippen LogP contribution in [-0.2, 0) is 0 Å². The number of pyridine rings is 1. The molecule has 0 aliphatic rings. The van der Waals surface area contributed by atoms with E-state index in [1.54, 1.807) is 12.4 Å². The van der Waals surface area contributed by atoms with Gasteiger partial charge in [0.1, 0.15) is 0 Å². The maximum atomic E-state index is 9.00. The lowest BCUT2D eigenvalue weighted by Gasteiger charge is -1.70. The van der Waals surface area contributed by atoms with Crippen LogP contribution in [0.4, 0.5) is 4.79 Å². The predicted octanol–water partition coefficient (Wildman–Crippen LogP) is 0.527. The molecule has 0 aromatic carbocycles. The number of aromatic nitrogens is 1. The molecular formula is C6H10ClN3O. The Labute approximate surface area is 71.0 Å². The normalized spacial score (nSPS) is 6.55. The zero-order valence-corrected chi connectivity index (χ0v) is 6.62. The molecule has 0 spiro atoms. The number of carbonyl (C=O) groups is 1. The number of primary amides is 2. The topological polar surface area (TPSA) is 82.0 Å². The molecule has 2 amide bonds. The lowest BCUT2D eigenvalue weighted by atomic mass is 10.5. The van der Waals surface area contributed by atoms with E-state index in [0.29, 0.717) is 0 Å². The van der Waals surface area contributed by atoms with Crippen molar-refractivity contribution in [1.82, 2.24) is 4.98 Å². The van der Waals surface area contributed by atoms with Gasteiger partial charge in [-0.25, -0.2) is 4.79 Å². The van der Waals surface area contributed by atoms with Gasteiger partial charge in [0, 0.05) is 12.4 Å². The summed E-state index contributed by atoms with van der Waals surface area (Å²) in [5.74, 6) is 0. The summed E-state index contributed by atoms with van der Waals surface area (Å²) in [6, 6.07) is 4.88. The van der Waals surface area contributed by atoms with E-state index in [2.05, 4.69) is 16.5 Å². The maximum Gasteiger partial charge on any atom is 0.309 e. The van der Waals surface area contributed by atoms with E-state index in [1.165, 1.54) is 0 Å². The molecule has 1 rings (SSSR count). The van der Waals surface area contributed by atoms with E-state index >= 15 is 0 Å². The van der Waals surface area contributed by atoms with Crippen molar-refractivity contribution in [2.45, 2.75) is 0 Å². The first kappa shape index (κ1) is 12.4. The van der Waals surface area contributed by atoms with Crippen LogP contribution in [0.3, 0.4) is 0 Å². The number of hydrogen-bond acceptors (Lipinski definition) is 2. The zero-order valence-electron chi connectivity index (χ0n) is 5.81. The van der Waals surface area contributed by atoms with Gasteiger partial charge in [-0.1, -0.05) is 6.07 Å². The van der Waals surface area contributed by atoms with Crippen LogP contribution in [0.2, 0.25) is 0 Å². The van der Waals surface area contributed by atoms with Crippen molar-refractivity contribution in [3.63, 3.8) is 0 Å². The zero-order chi connectivity index (χ0) is 7.82. The van der Waals surface area contributed by atoms with Crippen LogP contribution >= 0.6 is 12.4 Å². The van der Waals surface area contributed by atoms with Crippen LogP contribution in [0, 0.1) is 0 Å². The highest BCUT2D eigenvalue weighted by atomic mass is 35.5. The molecule has 1 aromatic rings. The molecule has 0 fully saturated rings. The van der Waals surface area contributed by atoms with E-state index in [0.717, 1.165) is 0 Å². The van der Waals surface area contributed by atoms with Crippen molar-refractivity contribution < 1.29 is 4.79 Å². The van der Waals surface area contributed by atoms with Gasteiger partial charge >= 0.3 is 6.03 Å². The molecule has 0 unspecified atom stereocenters. The van der Waals surface area contributed by atoms with Gasteiger partial charge in [-0.15, -0.1) is 12.4 Å². The second kappa shape index (κ2) is 8.71. The van der Waals surface area contributed by atoms with Crippen LogP contribution in [-0.4, -0.2) is 11.0 Å². The molecular weight excluding hydrogens is 166 g/mol. The summed E-state index contributed by atoms with van der Waals surface area (Å²) in [7, 11) is 0. The van der Waals surface area contributed by atoms with Gasteiger partial charge in [0.25, 0.3) is 0 Å². The van der Waals surface area contributed by atoms with Crippen molar-refractivity contribution in [1.29, 1.82) is 0 Å². The predicted molar refractivity (Wildman–Crippen MR) is 45.3 cm³/mol. The highest BCUT2D eigenvalue weighted by Gasteiger charge is 1.60. The Morgan fingerprint density at radius 1 is 1.09 bits per heavy atom. The third-order valence-electron chi connectivity index (χ3n) is 0.566. The number of amides is 2. The summed E-state index contributed by atoms with van der Waals surface area (Å²) in [4.78, 5) is 12.8. The van der Waals surface area contributed by atoms with Gasteiger partial charge in [0.15, 0.2) is 0 Å². The average Bonchev–Trinajstić information content (AvgIpc) is 1.90. The quantitative estimate of drug-likeness (QED) is 0.603. The highest BCUT2D eigenvalue weighted by molar-refractivity contribution is 5.85. The van der Waals surface area contributed by atoms with Crippen LogP contribution in [0.1, 0.15) is 0 Å². The number of halogens is 1. The third kappa shape index (κ3) is 17.7. The molecule has 0 saturated heterocycles. The van der Waals surface area contributed by atoms with Gasteiger partial charge in [0.2, 0.25) is 0 Å². The summed E-state index contributed by atoms with van der Waals surface area (Å²) in [5.41, 5.74) is 8.50. The van der Waals surface area contributed by atoms with E-state index in [1.807, 2.05) is 18.2 Å². The fourth-order valence-electron chi connectivity index (χ4n) is 0.313. The molecule has 5 heteroatoms. The van der Waals surface area contributed by atoms with Gasteiger partial charge < -0.3 is 11.5 Å². The number of carbonyl (C=O) groups excluding carboxylic acids is 1. The number of nitrogens with zero attached hydrogens (tertiary/aromatic N) is 1. The molecule has 1 heterocycles. The first-order valence-electron chi connectivity index (χ1n) is 2.63. The average molecular weight is 176 g/mol. The van der Waals surface area contributed by atoms with Crippen molar-refractivity contribution in [2.24, 2.45) is 11.5 Å². The molecule has 62 valence electrons. The minimum atomic E-state index is -0.833. The molecule has 0 radical (unpaired) electrons. The Balaban J connectivity index is 0. The molecule has 1 aromatic heterocycles. The minimum Gasteiger partial charge on any atom is -0.352 e. The fraction of sp³-hybridized carbons (Fsp3) is 0. The summed E-state index contributed by atoms with van der Waals surface area (Å²) < 4.78 is 0. The van der Waals surface area contributed by atoms with Gasteiger partial charge in [0.05, 0.1) is 0 Å². The first-order valence-corrected chi connectivity index (χ1v) is 2.63. The highest BCUT2D eigenvalue weighted by Crippen LogP contribution is 1.73. The molecule has 0 atom stereocenters. The Morgan fingerprint density at radius 2 is 1.45 bits per heavy atom. The summed E-state index contributed by atoms with van der Waals surface area (Å²) in [6.45, 7) is 0. The number of hydrogen-bond donors (Lipinski definition) is 2. The van der Waals surface area contributed by atoms with Gasteiger partial charge in [-0.05, 0) is 12.1 Å². The van der Waals surface area contributed by atoms with E-state index in [-0.39, 0.29) is 12.4 Å². The van der Waals surface area contributed by atoms with Crippen LogP contribution in [0.25, 0.3) is 0 Å². The number of rotatable bonds is 0. The molecule has 4 nitrogen and oxygen atoms in total. The summed E-state index contributed by atoms with van der Waals surface area (Å²) in [5, 5.41) is 0. The SMILES string of the molecule is Cl.NC(N)=O.c1ccncc1. The molecule has 4 N–H and O–H groups in total. The van der Waals surface area contributed by atoms with Gasteiger partial charge in [-0.2, -0.15) is 0 Å². The molecule has 0 aliphatic heterocycles. The Kier molecular flexibility index (Phi) is 9.81. The Hall–Kier alpha value is -1.29.